The predicted molar refractivity (Wildman–Crippen MR) is 78.3 cm³/mol. The van der Waals surface area contributed by atoms with Crippen LogP contribution in [0.15, 0.2) is 12.1 Å². The third-order valence-electron chi connectivity index (χ3n) is 3.10. The molecule has 0 saturated heterocycles. The van der Waals surface area contributed by atoms with Gasteiger partial charge in [-0.1, -0.05) is 37.0 Å². The highest BCUT2D eigenvalue weighted by Gasteiger charge is 2.28. The Bertz CT molecular complexity index is 409. The van der Waals surface area contributed by atoms with Crippen molar-refractivity contribution in [1.29, 1.82) is 0 Å². The first-order chi connectivity index (χ1) is 8.13. The fourth-order valence-electron chi connectivity index (χ4n) is 2.19. The van der Waals surface area contributed by atoms with Gasteiger partial charge in [0.05, 0.1) is 0 Å². The van der Waals surface area contributed by atoms with Gasteiger partial charge < -0.3 is 5.32 Å². The van der Waals surface area contributed by atoms with Gasteiger partial charge in [-0.3, -0.25) is 0 Å². The molecule has 0 saturated carbocycles. The zero-order valence-corrected chi connectivity index (χ0v) is 12.4. The summed E-state index contributed by atoms with van der Waals surface area (Å²) in [5.41, 5.74) is 2.52. The molecule has 1 aliphatic rings. The number of halogens is 2. The van der Waals surface area contributed by atoms with Crippen LogP contribution in [0.1, 0.15) is 37.4 Å². The summed E-state index contributed by atoms with van der Waals surface area (Å²) in [5.74, 6) is 0.983. The molecule has 2 rings (SSSR count). The van der Waals surface area contributed by atoms with Gasteiger partial charge >= 0.3 is 0 Å². The number of hydrogen-bond donors (Lipinski definition) is 1. The highest BCUT2D eigenvalue weighted by Crippen LogP contribution is 2.41. The van der Waals surface area contributed by atoms with Crippen LogP contribution in [0, 0.1) is 0 Å². The lowest BCUT2D eigenvalue weighted by Crippen LogP contribution is -2.32. The maximum absolute atomic E-state index is 6.27. The second-order valence-electron chi connectivity index (χ2n) is 4.40. The van der Waals surface area contributed by atoms with E-state index in [-0.39, 0.29) is 0 Å². The second kappa shape index (κ2) is 5.83. The molecule has 1 nitrogen and oxygen atoms in total. The molecule has 1 N–H and O–H groups in total. The van der Waals surface area contributed by atoms with Crippen molar-refractivity contribution in [3.05, 3.63) is 33.3 Å². The number of benzene rings is 1. The lowest BCUT2D eigenvalue weighted by atomic mass is 9.98. The molecular weight excluding hydrogens is 273 g/mol. The van der Waals surface area contributed by atoms with Gasteiger partial charge in [0, 0.05) is 27.1 Å². The first-order valence-corrected chi connectivity index (χ1v) is 7.76. The van der Waals surface area contributed by atoms with Gasteiger partial charge in [0.2, 0.25) is 0 Å². The smallest absolute Gasteiger partial charge is 0.0464 e. The van der Waals surface area contributed by atoms with E-state index < -0.39 is 0 Å². The summed E-state index contributed by atoms with van der Waals surface area (Å²) in [6.45, 7) is 5.47. The van der Waals surface area contributed by atoms with E-state index in [1.54, 1.807) is 0 Å². The Morgan fingerprint density at radius 1 is 1.41 bits per heavy atom. The molecule has 1 aromatic rings. The Morgan fingerprint density at radius 3 is 2.88 bits per heavy atom. The summed E-state index contributed by atoms with van der Waals surface area (Å²) in [6.07, 6.45) is 1.14. The molecule has 17 heavy (non-hydrogen) atoms. The SMILES string of the molecule is CCCNC1c2cc(Cl)cc(Cl)c2CSC1C. The molecule has 0 aromatic heterocycles. The molecule has 2 atom stereocenters. The fraction of sp³-hybridized carbons (Fsp3) is 0.538. The van der Waals surface area contributed by atoms with Gasteiger partial charge in [0.25, 0.3) is 0 Å². The molecule has 2 unspecified atom stereocenters. The Hall–Kier alpha value is 0.110. The molecule has 0 fully saturated rings. The first-order valence-electron chi connectivity index (χ1n) is 5.96. The molecule has 4 heteroatoms. The van der Waals surface area contributed by atoms with Crippen LogP contribution in [0.3, 0.4) is 0 Å². The third kappa shape index (κ3) is 2.93. The molecule has 1 aromatic carbocycles. The summed E-state index contributed by atoms with van der Waals surface area (Å²) in [7, 11) is 0. The topological polar surface area (TPSA) is 12.0 Å². The van der Waals surface area contributed by atoms with E-state index in [9.17, 15) is 0 Å². The standard InChI is InChI=1S/C13H17Cl2NS/c1-3-4-16-13-8(2)17-7-11-10(13)5-9(14)6-12(11)15/h5-6,8,13,16H,3-4,7H2,1-2H3. The van der Waals surface area contributed by atoms with E-state index in [2.05, 4.69) is 25.2 Å². The monoisotopic (exact) mass is 289 g/mol. The van der Waals surface area contributed by atoms with Crippen LogP contribution < -0.4 is 5.32 Å². The van der Waals surface area contributed by atoms with Crippen molar-refractivity contribution >= 4 is 35.0 Å². The zero-order valence-electron chi connectivity index (χ0n) is 10.1. The van der Waals surface area contributed by atoms with E-state index in [0.717, 1.165) is 28.8 Å². The molecule has 0 bridgehead atoms. The highest BCUT2D eigenvalue weighted by atomic mass is 35.5. The first kappa shape index (κ1) is 13.5. The van der Waals surface area contributed by atoms with E-state index in [1.165, 1.54) is 11.1 Å². The van der Waals surface area contributed by atoms with Crippen molar-refractivity contribution in [3.8, 4) is 0 Å². The van der Waals surface area contributed by atoms with E-state index in [0.29, 0.717) is 11.3 Å². The van der Waals surface area contributed by atoms with Crippen LogP contribution >= 0.6 is 35.0 Å². The van der Waals surface area contributed by atoms with Crippen LogP contribution in [0.25, 0.3) is 0 Å². The zero-order chi connectivity index (χ0) is 12.4. The minimum atomic E-state index is 0.361. The van der Waals surface area contributed by atoms with E-state index in [4.69, 9.17) is 23.2 Å². The minimum Gasteiger partial charge on any atom is -0.309 e. The summed E-state index contributed by atoms with van der Waals surface area (Å²) in [5, 5.41) is 5.69. The van der Waals surface area contributed by atoms with Crippen molar-refractivity contribution in [2.24, 2.45) is 0 Å². The van der Waals surface area contributed by atoms with Crippen LogP contribution in [-0.2, 0) is 5.75 Å². The number of rotatable bonds is 3. The Balaban J connectivity index is 2.36. The maximum atomic E-state index is 6.27. The summed E-state index contributed by atoms with van der Waals surface area (Å²) < 4.78 is 0. The molecule has 94 valence electrons. The van der Waals surface area contributed by atoms with Crippen LogP contribution in [0.4, 0.5) is 0 Å². The summed E-state index contributed by atoms with van der Waals surface area (Å²) >= 11 is 14.3. The maximum Gasteiger partial charge on any atom is 0.0464 e. The molecule has 0 spiro atoms. The number of hydrogen-bond acceptors (Lipinski definition) is 2. The second-order valence-corrected chi connectivity index (χ2v) is 6.61. The van der Waals surface area contributed by atoms with Gasteiger partial charge in [-0.15, -0.1) is 0 Å². The Kier molecular flexibility index (Phi) is 4.65. The quantitative estimate of drug-likeness (QED) is 0.868. The minimum absolute atomic E-state index is 0.361. The molecule has 0 radical (unpaired) electrons. The Morgan fingerprint density at radius 2 is 2.18 bits per heavy atom. The number of thioether (sulfide) groups is 1. The van der Waals surface area contributed by atoms with Crippen molar-refractivity contribution in [3.63, 3.8) is 0 Å². The fourth-order valence-corrected chi connectivity index (χ4v) is 4.04. The average Bonchev–Trinajstić information content (AvgIpc) is 2.27. The van der Waals surface area contributed by atoms with Gasteiger partial charge in [-0.05, 0) is 36.2 Å². The normalized spacial score (nSPS) is 23.5. The highest BCUT2D eigenvalue weighted by molar-refractivity contribution is 7.99. The van der Waals surface area contributed by atoms with Crippen LogP contribution in [-0.4, -0.2) is 11.8 Å². The molecule has 0 amide bonds. The van der Waals surface area contributed by atoms with Crippen LogP contribution in [0.2, 0.25) is 10.0 Å². The molecule has 1 heterocycles. The Labute approximate surface area is 117 Å². The van der Waals surface area contributed by atoms with Crippen molar-refractivity contribution in [2.45, 2.75) is 37.3 Å². The lowest BCUT2D eigenvalue weighted by Gasteiger charge is -2.32. The predicted octanol–water partition coefficient (Wildman–Crippen LogP) is 4.67. The van der Waals surface area contributed by atoms with Gasteiger partial charge in [-0.25, -0.2) is 0 Å². The van der Waals surface area contributed by atoms with Crippen molar-refractivity contribution in [1.82, 2.24) is 5.32 Å². The molecule has 1 aliphatic heterocycles. The lowest BCUT2D eigenvalue weighted by molar-refractivity contribution is 0.521. The van der Waals surface area contributed by atoms with Crippen LogP contribution in [0.5, 0.6) is 0 Å². The average molecular weight is 290 g/mol. The van der Waals surface area contributed by atoms with Gasteiger partial charge in [0.15, 0.2) is 0 Å². The van der Waals surface area contributed by atoms with E-state index in [1.807, 2.05) is 17.8 Å². The van der Waals surface area contributed by atoms with Gasteiger partial charge in [-0.2, -0.15) is 11.8 Å². The number of fused-ring (bicyclic) bond motifs is 1. The third-order valence-corrected chi connectivity index (χ3v) is 4.91. The number of nitrogens with one attached hydrogen (secondary N) is 1. The molecular formula is C13H17Cl2NS. The molecule has 0 aliphatic carbocycles. The summed E-state index contributed by atoms with van der Waals surface area (Å²) in [6, 6.07) is 4.27. The summed E-state index contributed by atoms with van der Waals surface area (Å²) in [4.78, 5) is 0. The van der Waals surface area contributed by atoms with Crippen molar-refractivity contribution < 1.29 is 0 Å². The van der Waals surface area contributed by atoms with Crippen molar-refractivity contribution in [2.75, 3.05) is 6.54 Å². The largest absolute Gasteiger partial charge is 0.309 e. The van der Waals surface area contributed by atoms with Gasteiger partial charge in [0.1, 0.15) is 0 Å². The van der Waals surface area contributed by atoms with E-state index >= 15 is 0 Å².